The van der Waals surface area contributed by atoms with Crippen molar-refractivity contribution >= 4 is 17.7 Å². The Balaban J connectivity index is 2.39. The van der Waals surface area contributed by atoms with Crippen molar-refractivity contribution in [1.29, 1.82) is 0 Å². The standard InChI is InChI=1S/C10H20N2OS/c1-3-14-9-6-4-5-8(9)12-10(13)7(2)11/h7-9H,3-6,11H2,1-2H3,(H,12,13)/t7-,8?,9?/m0/s1. The van der Waals surface area contributed by atoms with Crippen molar-refractivity contribution < 1.29 is 4.79 Å². The van der Waals surface area contributed by atoms with Gasteiger partial charge in [0.15, 0.2) is 0 Å². The number of nitrogens with two attached hydrogens (primary N) is 1. The van der Waals surface area contributed by atoms with E-state index in [9.17, 15) is 4.79 Å². The van der Waals surface area contributed by atoms with E-state index in [4.69, 9.17) is 5.73 Å². The molecule has 1 aliphatic carbocycles. The van der Waals surface area contributed by atoms with Crippen LogP contribution in [0, 0.1) is 0 Å². The summed E-state index contributed by atoms with van der Waals surface area (Å²) in [6, 6.07) is -0.0404. The summed E-state index contributed by atoms with van der Waals surface area (Å²) in [6.07, 6.45) is 3.56. The molecule has 1 aliphatic rings. The Bertz CT molecular complexity index is 197. The summed E-state index contributed by atoms with van der Waals surface area (Å²) in [7, 11) is 0. The van der Waals surface area contributed by atoms with Gasteiger partial charge in [0.05, 0.1) is 6.04 Å². The molecule has 2 unspecified atom stereocenters. The van der Waals surface area contributed by atoms with Crippen LogP contribution in [0.15, 0.2) is 0 Å². The van der Waals surface area contributed by atoms with Crippen LogP contribution in [0.5, 0.6) is 0 Å². The van der Waals surface area contributed by atoms with Gasteiger partial charge in [-0.25, -0.2) is 0 Å². The summed E-state index contributed by atoms with van der Waals surface area (Å²) in [5.41, 5.74) is 5.51. The molecule has 3 N–H and O–H groups in total. The van der Waals surface area contributed by atoms with Gasteiger partial charge in [-0.05, 0) is 25.5 Å². The van der Waals surface area contributed by atoms with E-state index in [1.165, 1.54) is 12.8 Å². The van der Waals surface area contributed by atoms with Crippen molar-refractivity contribution in [3.8, 4) is 0 Å². The second kappa shape index (κ2) is 5.61. The van der Waals surface area contributed by atoms with Crippen LogP contribution in [0.2, 0.25) is 0 Å². The van der Waals surface area contributed by atoms with Crippen LogP contribution in [-0.2, 0) is 4.79 Å². The van der Waals surface area contributed by atoms with Crippen molar-refractivity contribution in [2.45, 2.75) is 50.4 Å². The summed E-state index contributed by atoms with van der Waals surface area (Å²) in [4.78, 5) is 11.4. The van der Waals surface area contributed by atoms with Gasteiger partial charge in [0.2, 0.25) is 5.91 Å². The Morgan fingerprint density at radius 3 is 2.93 bits per heavy atom. The molecule has 1 amide bonds. The summed E-state index contributed by atoms with van der Waals surface area (Å²) >= 11 is 1.95. The van der Waals surface area contributed by atoms with Crippen molar-refractivity contribution in [1.82, 2.24) is 5.32 Å². The van der Waals surface area contributed by atoms with E-state index < -0.39 is 0 Å². The van der Waals surface area contributed by atoms with Crippen LogP contribution in [0.3, 0.4) is 0 Å². The molecule has 0 aromatic heterocycles. The fraction of sp³-hybridized carbons (Fsp3) is 0.900. The van der Waals surface area contributed by atoms with Gasteiger partial charge >= 0.3 is 0 Å². The van der Waals surface area contributed by atoms with Crippen molar-refractivity contribution in [2.75, 3.05) is 5.75 Å². The van der Waals surface area contributed by atoms with Crippen LogP contribution in [0.25, 0.3) is 0 Å². The lowest BCUT2D eigenvalue weighted by atomic mass is 10.2. The fourth-order valence-electron chi connectivity index (χ4n) is 1.82. The molecule has 3 nitrogen and oxygen atoms in total. The van der Waals surface area contributed by atoms with E-state index in [-0.39, 0.29) is 11.9 Å². The predicted molar refractivity (Wildman–Crippen MR) is 61.4 cm³/mol. The fourth-order valence-corrected chi connectivity index (χ4v) is 3.02. The summed E-state index contributed by atoms with van der Waals surface area (Å²) in [6.45, 7) is 3.89. The molecular weight excluding hydrogens is 196 g/mol. The molecule has 0 spiro atoms. The first-order chi connectivity index (χ1) is 6.65. The van der Waals surface area contributed by atoms with E-state index in [1.54, 1.807) is 6.92 Å². The van der Waals surface area contributed by atoms with Crippen molar-refractivity contribution in [2.24, 2.45) is 5.73 Å². The zero-order chi connectivity index (χ0) is 10.6. The van der Waals surface area contributed by atoms with Crippen LogP contribution < -0.4 is 11.1 Å². The molecule has 0 aromatic carbocycles. The SMILES string of the molecule is CCSC1CCCC1NC(=O)[C@H](C)N. The number of rotatable bonds is 4. The van der Waals surface area contributed by atoms with Crippen LogP contribution >= 0.6 is 11.8 Å². The molecule has 82 valence electrons. The van der Waals surface area contributed by atoms with Gasteiger partial charge in [-0.15, -0.1) is 0 Å². The number of carbonyl (C=O) groups excluding carboxylic acids is 1. The highest BCUT2D eigenvalue weighted by Crippen LogP contribution is 2.29. The predicted octanol–water partition coefficient (Wildman–Crippen LogP) is 1.12. The molecule has 0 radical (unpaired) electrons. The smallest absolute Gasteiger partial charge is 0.236 e. The van der Waals surface area contributed by atoms with E-state index in [0.717, 1.165) is 12.2 Å². The molecule has 1 rings (SSSR count). The maximum Gasteiger partial charge on any atom is 0.236 e. The molecule has 14 heavy (non-hydrogen) atoms. The lowest BCUT2D eigenvalue weighted by Crippen LogP contribution is -2.46. The highest BCUT2D eigenvalue weighted by atomic mass is 32.2. The topological polar surface area (TPSA) is 55.1 Å². The molecule has 1 fully saturated rings. The van der Waals surface area contributed by atoms with Crippen molar-refractivity contribution in [3.05, 3.63) is 0 Å². The molecule has 0 aliphatic heterocycles. The minimum Gasteiger partial charge on any atom is -0.351 e. The average Bonchev–Trinajstić information content (AvgIpc) is 2.53. The average molecular weight is 216 g/mol. The summed E-state index contributed by atoms with van der Waals surface area (Å²) in [5.74, 6) is 1.11. The lowest BCUT2D eigenvalue weighted by molar-refractivity contribution is -0.122. The summed E-state index contributed by atoms with van der Waals surface area (Å²) < 4.78 is 0. The first kappa shape index (κ1) is 11.9. The van der Waals surface area contributed by atoms with Crippen LogP contribution in [0.1, 0.15) is 33.1 Å². The van der Waals surface area contributed by atoms with Gasteiger partial charge in [0.25, 0.3) is 0 Å². The first-order valence-corrected chi connectivity index (χ1v) is 6.37. The molecule has 0 heterocycles. The number of nitrogens with one attached hydrogen (secondary N) is 1. The number of amides is 1. The highest BCUT2D eigenvalue weighted by molar-refractivity contribution is 7.99. The third kappa shape index (κ3) is 3.17. The van der Waals surface area contributed by atoms with E-state index >= 15 is 0 Å². The maximum atomic E-state index is 11.4. The number of thioether (sulfide) groups is 1. The molecule has 4 heteroatoms. The van der Waals surface area contributed by atoms with E-state index in [0.29, 0.717) is 11.3 Å². The number of hydrogen-bond acceptors (Lipinski definition) is 3. The van der Waals surface area contributed by atoms with Crippen LogP contribution in [-0.4, -0.2) is 29.0 Å². The first-order valence-electron chi connectivity index (χ1n) is 5.32. The number of hydrogen-bond donors (Lipinski definition) is 2. The van der Waals surface area contributed by atoms with E-state index in [1.807, 2.05) is 11.8 Å². The Morgan fingerprint density at radius 1 is 1.64 bits per heavy atom. The highest BCUT2D eigenvalue weighted by Gasteiger charge is 2.28. The van der Waals surface area contributed by atoms with Crippen molar-refractivity contribution in [3.63, 3.8) is 0 Å². The van der Waals surface area contributed by atoms with Gasteiger partial charge < -0.3 is 11.1 Å². The third-order valence-electron chi connectivity index (χ3n) is 2.57. The van der Waals surface area contributed by atoms with Gasteiger partial charge in [0.1, 0.15) is 0 Å². The minimum atomic E-state index is -0.386. The van der Waals surface area contributed by atoms with Gasteiger partial charge in [-0.1, -0.05) is 13.3 Å². The van der Waals surface area contributed by atoms with Crippen LogP contribution in [0.4, 0.5) is 0 Å². The molecule has 3 atom stereocenters. The minimum absolute atomic E-state index is 0.0152. The maximum absolute atomic E-state index is 11.4. The normalized spacial score (nSPS) is 28.8. The van der Waals surface area contributed by atoms with Gasteiger partial charge in [0, 0.05) is 11.3 Å². The van der Waals surface area contributed by atoms with Gasteiger partial charge in [-0.2, -0.15) is 11.8 Å². The van der Waals surface area contributed by atoms with E-state index in [2.05, 4.69) is 12.2 Å². The second-order valence-corrected chi connectivity index (χ2v) is 5.34. The molecule has 0 aromatic rings. The Kier molecular flexibility index (Phi) is 4.75. The largest absolute Gasteiger partial charge is 0.351 e. The second-order valence-electron chi connectivity index (χ2n) is 3.83. The monoisotopic (exact) mass is 216 g/mol. The Hall–Kier alpha value is -0.220. The quantitative estimate of drug-likeness (QED) is 0.740. The molecule has 0 bridgehead atoms. The number of carbonyl (C=O) groups is 1. The molecule has 1 saturated carbocycles. The summed E-state index contributed by atoms with van der Waals surface area (Å²) in [5, 5.41) is 3.63. The Labute approximate surface area is 90.2 Å². The zero-order valence-corrected chi connectivity index (χ0v) is 9.77. The lowest BCUT2D eigenvalue weighted by Gasteiger charge is -2.21. The zero-order valence-electron chi connectivity index (χ0n) is 8.95. The third-order valence-corrected chi connectivity index (χ3v) is 3.90. The molecular formula is C10H20N2OS. The Morgan fingerprint density at radius 2 is 2.36 bits per heavy atom. The van der Waals surface area contributed by atoms with Gasteiger partial charge in [-0.3, -0.25) is 4.79 Å². The molecule has 0 saturated heterocycles.